The third-order valence-corrected chi connectivity index (χ3v) is 3.39. The second-order valence-electron chi connectivity index (χ2n) is 5.04. The molecular weight excluding hydrogens is 261 g/mol. The van der Waals surface area contributed by atoms with E-state index < -0.39 is 0 Å². The molecular formula is C14H18FN3O2. The van der Waals surface area contributed by atoms with Gasteiger partial charge in [0, 0.05) is 31.1 Å². The number of likely N-dealkylation sites (tertiary alicyclic amines) is 1. The van der Waals surface area contributed by atoms with E-state index in [0.717, 1.165) is 5.71 Å². The molecule has 6 heteroatoms. The molecule has 0 aliphatic carbocycles. The van der Waals surface area contributed by atoms with E-state index >= 15 is 0 Å². The van der Waals surface area contributed by atoms with Crippen molar-refractivity contribution in [2.75, 3.05) is 25.0 Å². The molecule has 1 saturated heterocycles. The SMILES string of the molecule is CC1CN(CC(=O)Nc2cccc(F)c2)CC/C1=N\O. The van der Waals surface area contributed by atoms with E-state index in [0.29, 0.717) is 25.2 Å². The first-order valence-electron chi connectivity index (χ1n) is 6.57. The van der Waals surface area contributed by atoms with Gasteiger partial charge >= 0.3 is 0 Å². The van der Waals surface area contributed by atoms with Gasteiger partial charge in [-0.2, -0.15) is 0 Å². The summed E-state index contributed by atoms with van der Waals surface area (Å²) in [6.07, 6.45) is 0.658. The summed E-state index contributed by atoms with van der Waals surface area (Å²) in [5.74, 6) is -0.416. The van der Waals surface area contributed by atoms with Gasteiger partial charge in [0.1, 0.15) is 5.82 Å². The highest BCUT2D eigenvalue weighted by Crippen LogP contribution is 2.14. The van der Waals surface area contributed by atoms with Crippen LogP contribution in [0, 0.1) is 11.7 Å². The smallest absolute Gasteiger partial charge is 0.238 e. The Bertz CT molecular complexity index is 519. The number of hydrogen-bond acceptors (Lipinski definition) is 4. The number of oxime groups is 1. The Morgan fingerprint density at radius 1 is 1.60 bits per heavy atom. The molecule has 1 aromatic rings. The van der Waals surface area contributed by atoms with Crippen molar-refractivity contribution in [2.45, 2.75) is 13.3 Å². The summed E-state index contributed by atoms with van der Waals surface area (Å²) >= 11 is 0. The molecule has 0 aromatic heterocycles. The second-order valence-corrected chi connectivity index (χ2v) is 5.04. The van der Waals surface area contributed by atoms with E-state index in [4.69, 9.17) is 5.21 Å². The van der Waals surface area contributed by atoms with Crippen LogP contribution in [0.1, 0.15) is 13.3 Å². The molecule has 2 rings (SSSR count). The van der Waals surface area contributed by atoms with Gasteiger partial charge in [-0.05, 0) is 18.2 Å². The maximum Gasteiger partial charge on any atom is 0.238 e. The summed E-state index contributed by atoms with van der Waals surface area (Å²) in [6, 6.07) is 5.82. The first kappa shape index (κ1) is 14.5. The van der Waals surface area contributed by atoms with Crippen LogP contribution < -0.4 is 5.32 Å². The number of piperidine rings is 1. The van der Waals surface area contributed by atoms with Crippen molar-refractivity contribution in [3.05, 3.63) is 30.1 Å². The highest BCUT2D eigenvalue weighted by molar-refractivity contribution is 5.92. The van der Waals surface area contributed by atoms with E-state index in [1.165, 1.54) is 12.1 Å². The number of halogens is 1. The van der Waals surface area contributed by atoms with E-state index in [2.05, 4.69) is 10.5 Å². The van der Waals surface area contributed by atoms with Crippen molar-refractivity contribution in [3.63, 3.8) is 0 Å². The maximum absolute atomic E-state index is 13.0. The van der Waals surface area contributed by atoms with Gasteiger partial charge in [0.2, 0.25) is 5.91 Å². The fourth-order valence-corrected chi connectivity index (χ4v) is 2.37. The van der Waals surface area contributed by atoms with Crippen molar-refractivity contribution in [1.82, 2.24) is 4.90 Å². The van der Waals surface area contributed by atoms with Gasteiger partial charge in [-0.25, -0.2) is 4.39 Å². The van der Waals surface area contributed by atoms with E-state index in [1.807, 2.05) is 11.8 Å². The Morgan fingerprint density at radius 3 is 3.05 bits per heavy atom. The zero-order valence-electron chi connectivity index (χ0n) is 11.3. The number of hydrogen-bond donors (Lipinski definition) is 2. The topological polar surface area (TPSA) is 64.9 Å². The fraction of sp³-hybridized carbons (Fsp3) is 0.429. The lowest BCUT2D eigenvalue weighted by Crippen LogP contribution is -2.43. The number of amides is 1. The minimum absolute atomic E-state index is 0.135. The molecule has 0 bridgehead atoms. The van der Waals surface area contributed by atoms with Gasteiger partial charge in [0.15, 0.2) is 0 Å². The Kier molecular flexibility index (Phi) is 4.68. The van der Waals surface area contributed by atoms with E-state index in [9.17, 15) is 9.18 Å². The number of carbonyl (C=O) groups is 1. The number of nitrogens with one attached hydrogen (secondary N) is 1. The minimum atomic E-state index is -0.377. The molecule has 0 saturated carbocycles. The van der Waals surface area contributed by atoms with Gasteiger partial charge in [0.05, 0.1) is 12.3 Å². The molecule has 1 fully saturated rings. The maximum atomic E-state index is 13.0. The van der Waals surface area contributed by atoms with Gasteiger partial charge in [-0.1, -0.05) is 18.1 Å². The molecule has 1 aromatic carbocycles. The molecule has 2 N–H and O–H groups in total. The van der Waals surface area contributed by atoms with Crippen molar-refractivity contribution >= 4 is 17.3 Å². The molecule has 0 spiro atoms. The summed E-state index contributed by atoms with van der Waals surface area (Å²) in [5.41, 5.74) is 1.23. The molecule has 5 nitrogen and oxygen atoms in total. The van der Waals surface area contributed by atoms with Crippen molar-refractivity contribution in [3.8, 4) is 0 Å². The molecule has 1 aliphatic rings. The van der Waals surface area contributed by atoms with Gasteiger partial charge < -0.3 is 10.5 Å². The predicted octanol–water partition coefficient (Wildman–Crippen LogP) is 1.94. The van der Waals surface area contributed by atoms with Crippen LogP contribution in [0.3, 0.4) is 0 Å². The van der Waals surface area contributed by atoms with Crippen molar-refractivity contribution in [1.29, 1.82) is 0 Å². The van der Waals surface area contributed by atoms with Crippen LogP contribution in [0.15, 0.2) is 29.4 Å². The molecule has 1 atom stereocenters. The summed E-state index contributed by atoms with van der Waals surface area (Å²) in [7, 11) is 0. The molecule has 20 heavy (non-hydrogen) atoms. The van der Waals surface area contributed by atoms with E-state index in [-0.39, 0.29) is 24.2 Å². The zero-order valence-corrected chi connectivity index (χ0v) is 11.3. The molecule has 1 unspecified atom stereocenters. The van der Waals surface area contributed by atoms with Crippen molar-refractivity contribution < 1.29 is 14.4 Å². The summed E-state index contributed by atoms with van der Waals surface area (Å²) in [5, 5.41) is 14.7. The Morgan fingerprint density at radius 2 is 2.40 bits per heavy atom. The number of benzene rings is 1. The normalized spacial score (nSPS) is 21.9. The van der Waals surface area contributed by atoms with Crippen LogP contribution in [0.5, 0.6) is 0 Å². The van der Waals surface area contributed by atoms with E-state index in [1.54, 1.807) is 12.1 Å². The van der Waals surface area contributed by atoms with Gasteiger partial charge in [-0.15, -0.1) is 0 Å². The minimum Gasteiger partial charge on any atom is -0.411 e. The average Bonchev–Trinajstić information content (AvgIpc) is 2.38. The predicted molar refractivity (Wildman–Crippen MR) is 74.5 cm³/mol. The quantitative estimate of drug-likeness (QED) is 0.656. The number of anilines is 1. The second kappa shape index (κ2) is 6.47. The van der Waals surface area contributed by atoms with Crippen molar-refractivity contribution in [2.24, 2.45) is 11.1 Å². The lowest BCUT2D eigenvalue weighted by atomic mass is 9.98. The van der Waals surface area contributed by atoms with Crippen LogP contribution >= 0.6 is 0 Å². The first-order valence-corrected chi connectivity index (χ1v) is 6.57. The fourth-order valence-electron chi connectivity index (χ4n) is 2.37. The highest BCUT2D eigenvalue weighted by Gasteiger charge is 2.23. The van der Waals surface area contributed by atoms with Gasteiger partial charge in [-0.3, -0.25) is 9.69 Å². The van der Waals surface area contributed by atoms with Crippen LogP contribution in [-0.2, 0) is 4.79 Å². The molecule has 108 valence electrons. The Balaban J connectivity index is 1.86. The number of carbonyl (C=O) groups excluding carboxylic acids is 1. The Labute approximate surface area is 117 Å². The third kappa shape index (κ3) is 3.77. The van der Waals surface area contributed by atoms with Crippen LogP contribution in [0.4, 0.5) is 10.1 Å². The van der Waals surface area contributed by atoms with Crippen LogP contribution in [-0.4, -0.2) is 41.4 Å². The molecule has 1 amide bonds. The van der Waals surface area contributed by atoms with Crippen LogP contribution in [0.25, 0.3) is 0 Å². The number of rotatable bonds is 3. The average molecular weight is 279 g/mol. The monoisotopic (exact) mass is 279 g/mol. The molecule has 1 aliphatic heterocycles. The molecule has 1 heterocycles. The summed E-state index contributed by atoms with van der Waals surface area (Å²) in [6.45, 7) is 3.57. The summed E-state index contributed by atoms with van der Waals surface area (Å²) < 4.78 is 13.0. The largest absolute Gasteiger partial charge is 0.411 e. The first-order chi connectivity index (χ1) is 9.58. The molecule has 0 radical (unpaired) electrons. The van der Waals surface area contributed by atoms with Gasteiger partial charge in [0.25, 0.3) is 0 Å². The highest BCUT2D eigenvalue weighted by atomic mass is 19.1. The summed E-state index contributed by atoms with van der Waals surface area (Å²) in [4.78, 5) is 13.9. The standard InChI is InChI=1S/C14H18FN3O2/c1-10-8-18(6-5-13(10)17-20)9-14(19)16-12-4-2-3-11(15)7-12/h2-4,7,10,20H,5-6,8-9H2,1H3,(H,16,19)/b17-13+. The lowest BCUT2D eigenvalue weighted by Gasteiger charge is -2.30. The van der Waals surface area contributed by atoms with Crippen LogP contribution in [0.2, 0.25) is 0 Å². The number of nitrogens with zero attached hydrogens (tertiary/aromatic N) is 2. The third-order valence-electron chi connectivity index (χ3n) is 3.39. The Hall–Kier alpha value is -1.95. The zero-order chi connectivity index (χ0) is 14.5. The lowest BCUT2D eigenvalue weighted by molar-refractivity contribution is -0.117.